The number of hydrogen-bond donors (Lipinski definition) is 1. The van der Waals surface area contributed by atoms with Gasteiger partial charge in [0.2, 0.25) is 5.91 Å². The minimum absolute atomic E-state index is 0.0806. The summed E-state index contributed by atoms with van der Waals surface area (Å²) >= 11 is 0. The minimum Gasteiger partial charge on any atom is -0.484 e. The second kappa shape index (κ2) is 9.37. The van der Waals surface area contributed by atoms with E-state index in [2.05, 4.69) is 10.2 Å². The van der Waals surface area contributed by atoms with Gasteiger partial charge >= 0.3 is 0 Å². The van der Waals surface area contributed by atoms with Crippen LogP contribution in [-0.4, -0.2) is 61.4 Å². The molecular formula is C22H27N3O3. The molecule has 6 heteroatoms. The third-order valence-corrected chi connectivity index (χ3v) is 4.89. The second-order valence-corrected chi connectivity index (χ2v) is 7.14. The summed E-state index contributed by atoms with van der Waals surface area (Å²) in [7, 11) is 2.04. The molecule has 0 aliphatic carbocycles. The average molecular weight is 381 g/mol. The molecule has 0 radical (unpaired) electrons. The Hall–Kier alpha value is -2.86. The molecule has 1 heterocycles. The molecule has 2 aromatic carbocycles. The van der Waals surface area contributed by atoms with Crippen molar-refractivity contribution in [2.45, 2.75) is 13.0 Å². The van der Waals surface area contributed by atoms with Crippen molar-refractivity contribution in [2.75, 3.05) is 39.8 Å². The molecule has 1 saturated heterocycles. The van der Waals surface area contributed by atoms with Crippen LogP contribution in [0.15, 0.2) is 54.6 Å². The Bertz CT molecular complexity index is 784. The number of carbonyl (C=O) groups excluding carboxylic acids is 2. The quantitative estimate of drug-likeness (QED) is 0.832. The first-order chi connectivity index (χ1) is 13.5. The number of aryl methyl sites for hydroxylation is 1. The molecule has 148 valence electrons. The van der Waals surface area contributed by atoms with Gasteiger partial charge in [-0.05, 0) is 31.7 Å². The predicted molar refractivity (Wildman–Crippen MR) is 108 cm³/mol. The largest absolute Gasteiger partial charge is 0.484 e. The fraction of sp³-hybridized carbons (Fsp3) is 0.364. The molecule has 2 amide bonds. The number of ether oxygens (including phenoxy) is 1. The third-order valence-electron chi connectivity index (χ3n) is 4.89. The van der Waals surface area contributed by atoms with Crippen molar-refractivity contribution < 1.29 is 14.3 Å². The van der Waals surface area contributed by atoms with Crippen LogP contribution in [-0.2, 0) is 9.59 Å². The van der Waals surface area contributed by atoms with E-state index < -0.39 is 6.04 Å². The summed E-state index contributed by atoms with van der Waals surface area (Å²) in [5, 5.41) is 2.85. The van der Waals surface area contributed by atoms with Crippen LogP contribution in [0.4, 0.5) is 0 Å². The molecule has 0 unspecified atom stereocenters. The van der Waals surface area contributed by atoms with Crippen molar-refractivity contribution >= 4 is 11.8 Å². The number of nitrogens with zero attached hydrogens (tertiary/aromatic N) is 2. The van der Waals surface area contributed by atoms with E-state index in [4.69, 9.17) is 4.74 Å². The highest BCUT2D eigenvalue weighted by atomic mass is 16.5. The number of nitrogens with one attached hydrogen (secondary N) is 1. The summed E-state index contributed by atoms with van der Waals surface area (Å²) in [6, 6.07) is 16.2. The average Bonchev–Trinajstić information content (AvgIpc) is 2.72. The van der Waals surface area contributed by atoms with Crippen molar-refractivity contribution in [1.29, 1.82) is 0 Å². The molecular weight excluding hydrogens is 354 g/mol. The molecule has 2 aromatic rings. The van der Waals surface area contributed by atoms with Gasteiger partial charge in [-0.25, -0.2) is 0 Å². The van der Waals surface area contributed by atoms with E-state index in [-0.39, 0.29) is 18.4 Å². The van der Waals surface area contributed by atoms with Gasteiger partial charge in [0.05, 0.1) is 0 Å². The lowest BCUT2D eigenvalue weighted by Crippen LogP contribution is -2.51. The minimum atomic E-state index is -0.710. The summed E-state index contributed by atoms with van der Waals surface area (Å²) in [4.78, 5) is 29.6. The number of benzene rings is 2. The summed E-state index contributed by atoms with van der Waals surface area (Å²) < 4.78 is 5.56. The summed E-state index contributed by atoms with van der Waals surface area (Å²) in [5.41, 5.74) is 1.90. The molecule has 1 N–H and O–H groups in total. The maximum absolute atomic E-state index is 13.1. The van der Waals surface area contributed by atoms with E-state index in [1.807, 2.05) is 73.5 Å². The fourth-order valence-electron chi connectivity index (χ4n) is 3.13. The highest BCUT2D eigenvalue weighted by molar-refractivity contribution is 5.89. The van der Waals surface area contributed by atoms with Gasteiger partial charge < -0.3 is 19.9 Å². The lowest BCUT2D eigenvalue weighted by molar-refractivity contribution is -0.138. The van der Waals surface area contributed by atoms with Gasteiger partial charge in [-0.2, -0.15) is 0 Å². The predicted octanol–water partition coefficient (Wildman–Crippen LogP) is 2.01. The maximum Gasteiger partial charge on any atom is 0.258 e. The van der Waals surface area contributed by atoms with Crippen LogP contribution < -0.4 is 10.1 Å². The molecule has 6 nitrogen and oxygen atoms in total. The molecule has 0 spiro atoms. The molecule has 0 bridgehead atoms. The van der Waals surface area contributed by atoms with Gasteiger partial charge in [0.1, 0.15) is 11.8 Å². The first kappa shape index (κ1) is 19.9. The lowest BCUT2D eigenvalue weighted by Gasteiger charge is -2.34. The highest BCUT2D eigenvalue weighted by Crippen LogP contribution is 2.17. The molecule has 0 aromatic heterocycles. The number of likely N-dealkylation sites (N-methyl/N-ethyl adjacent to an activating group) is 1. The summed E-state index contributed by atoms with van der Waals surface area (Å²) in [6.07, 6.45) is 0. The molecule has 1 fully saturated rings. The standard InChI is InChI=1S/C22H27N3O3/c1-17-8-10-19(11-9-17)28-16-20(26)23-21(18-6-4-3-5-7-18)22(27)25-14-12-24(2)13-15-25/h3-11,21H,12-16H2,1-2H3,(H,23,26)/t21-/m0/s1. The zero-order valence-corrected chi connectivity index (χ0v) is 16.4. The normalized spacial score (nSPS) is 15.7. The Morgan fingerprint density at radius 3 is 2.29 bits per heavy atom. The van der Waals surface area contributed by atoms with Gasteiger partial charge in [0.25, 0.3) is 5.91 Å². The van der Waals surface area contributed by atoms with Gasteiger partial charge in [-0.3, -0.25) is 9.59 Å². The van der Waals surface area contributed by atoms with Gasteiger partial charge in [0.15, 0.2) is 6.61 Å². The van der Waals surface area contributed by atoms with Crippen molar-refractivity contribution in [1.82, 2.24) is 15.1 Å². The van der Waals surface area contributed by atoms with Gasteiger partial charge in [0, 0.05) is 26.2 Å². The van der Waals surface area contributed by atoms with Crippen molar-refractivity contribution in [3.8, 4) is 5.75 Å². The van der Waals surface area contributed by atoms with E-state index in [9.17, 15) is 9.59 Å². The maximum atomic E-state index is 13.1. The molecule has 1 aliphatic heterocycles. The highest BCUT2D eigenvalue weighted by Gasteiger charge is 2.29. The van der Waals surface area contributed by atoms with Crippen LogP contribution in [0.3, 0.4) is 0 Å². The van der Waals surface area contributed by atoms with Crippen LogP contribution in [0.1, 0.15) is 17.2 Å². The number of rotatable bonds is 6. The van der Waals surface area contributed by atoms with E-state index in [1.165, 1.54) is 0 Å². The Morgan fingerprint density at radius 1 is 1.00 bits per heavy atom. The molecule has 28 heavy (non-hydrogen) atoms. The number of hydrogen-bond acceptors (Lipinski definition) is 4. The third kappa shape index (κ3) is 5.33. The summed E-state index contributed by atoms with van der Waals surface area (Å²) in [6.45, 7) is 4.84. The van der Waals surface area contributed by atoms with Crippen molar-refractivity contribution in [3.05, 3.63) is 65.7 Å². The van der Waals surface area contributed by atoms with Gasteiger partial charge in [-0.1, -0.05) is 48.0 Å². The second-order valence-electron chi connectivity index (χ2n) is 7.14. The Morgan fingerprint density at radius 2 is 1.64 bits per heavy atom. The zero-order valence-electron chi connectivity index (χ0n) is 16.4. The lowest BCUT2D eigenvalue weighted by atomic mass is 10.0. The summed E-state index contributed by atoms with van der Waals surface area (Å²) in [5.74, 6) is 0.224. The van der Waals surface area contributed by atoms with Crippen LogP contribution in [0.2, 0.25) is 0 Å². The molecule has 3 rings (SSSR count). The monoisotopic (exact) mass is 381 g/mol. The van der Waals surface area contributed by atoms with Gasteiger partial charge in [-0.15, -0.1) is 0 Å². The first-order valence-corrected chi connectivity index (χ1v) is 9.54. The molecule has 1 atom stereocenters. The number of carbonyl (C=O) groups is 2. The van der Waals surface area contributed by atoms with Crippen molar-refractivity contribution in [2.24, 2.45) is 0 Å². The number of piperazine rings is 1. The van der Waals surface area contributed by atoms with E-state index >= 15 is 0 Å². The molecule has 1 aliphatic rings. The van der Waals surface area contributed by atoms with E-state index in [0.29, 0.717) is 18.8 Å². The first-order valence-electron chi connectivity index (χ1n) is 9.54. The Balaban J connectivity index is 1.66. The van der Waals surface area contributed by atoms with Crippen LogP contribution in [0.5, 0.6) is 5.75 Å². The smallest absolute Gasteiger partial charge is 0.258 e. The Kier molecular flexibility index (Phi) is 6.66. The van der Waals surface area contributed by atoms with Crippen LogP contribution in [0, 0.1) is 6.92 Å². The topological polar surface area (TPSA) is 61.9 Å². The SMILES string of the molecule is Cc1ccc(OCC(=O)N[C@H](C(=O)N2CCN(C)CC2)c2ccccc2)cc1. The fourth-order valence-corrected chi connectivity index (χ4v) is 3.13. The zero-order chi connectivity index (χ0) is 19.9. The molecule has 0 saturated carbocycles. The van der Waals surface area contributed by atoms with E-state index in [1.54, 1.807) is 0 Å². The van der Waals surface area contributed by atoms with Crippen molar-refractivity contribution in [3.63, 3.8) is 0 Å². The Labute approximate surface area is 166 Å². The van der Waals surface area contributed by atoms with Crippen LogP contribution in [0.25, 0.3) is 0 Å². The number of amides is 2. The van der Waals surface area contributed by atoms with E-state index in [0.717, 1.165) is 24.2 Å². The van der Waals surface area contributed by atoms with Crippen LogP contribution >= 0.6 is 0 Å².